The van der Waals surface area contributed by atoms with Crippen molar-refractivity contribution in [1.29, 1.82) is 0 Å². The Morgan fingerprint density at radius 1 is 1.25 bits per heavy atom. The Bertz CT molecular complexity index is 346. The predicted octanol–water partition coefficient (Wildman–Crippen LogP) is 3.23. The molecule has 0 aromatic heterocycles. The minimum atomic E-state index is -0.783. The van der Waals surface area contributed by atoms with E-state index in [1.54, 1.807) is 4.90 Å². The van der Waals surface area contributed by atoms with Gasteiger partial charge in [0.15, 0.2) is 0 Å². The van der Waals surface area contributed by atoms with Crippen molar-refractivity contribution in [3.05, 3.63) is 12.7 Å². The summed E-state index contributed by atoms with van der Waals surface area (Å²) in [5.41, 5.74) is -0.312. The Kier molecular flexibility index (Phi) is 6.76. The van der Waals surface area contributed by atoms with Gasteiger partial charge in [-0.15, -0.1) is 6.58 Å². The zero-order valence-corrected chi connectivity index (χ0v) is 12.6. The molecule has 0 saturated heterocycles. The summed E-state index contributed by atoms with van der Waals surface area (Å²) in [5.74, 6) is -0.703. The zero-order valence-electron chi connectivity index (χ0n) is 12.6. The van der Waals surface area contributed by atoms with E-state index < -0.39 is 5.97 Å². The maximum absolute atomic E-state index is 12.3. The smallest absolute Gasteiger partial charge is 0.303 e. The molecule has 0 atom stereocenters. The Morgan fingerprint density at radius 3 is 2.45 bits per heavy atom. The first kappa shape index (κ1) is 16.7. The third-order valence-corrected chi connectivity index (χ3v) is 4.29. The van der Waals surface area contributed by atoms with E-state index >= 15 is 0 Å². The van der Waals surface area contributed by atoms with Crippen LogP contribution in [0.5, 0.6) is 0 Å². The number of allylic oxidation sites excluding steroid dienone is 1. The molecule has 1 amide bonds. The quantitative estimate of drug-likeness (QED) is 0.549. The number of hydrogen-bond donors (Lipinski definition) is 1. The van der Waals surface area contributed by atoms with Crippen LogP contribution < -0.4 is 0 Å². The van der Waals surface area contributed by atoms with Gasteiger partial charge in [-0.1, -0.05) is 25.3 Å². The summed E-state index contributed by atoms with van der Waals surface area (Å²) in [4.78, 5) is 25.1. The van der Waals surface area contributed by atoms with Crippen LogP contribution in [-0.4, -0.2) is 35.5 Å². The van der Waals surface area contributed by atoms with Crippen molar-refractivity contribution in [2.24, 2.45) is 5.41 Å². The van der Waals surface area contributed by atoms with E-state index in [9.17, 15) is 9.59 Å². The topological polar surface area (TPSA) is 57.6 Å². The van der Waals surface area contributed by atoms with Crippen LogP contribution >= 0.6 is 0 Å². The van der Waals surface area contributed by atoms with E-state index in [4.69, 9.17) is 5.11 Å². The first-order valence-corrected chi connectivity index (χ1v) is 7.56. The zero-order chi connectivity index (χ0) is 15.0. The van der Waals surface area contributed by atoms with E-state index in [1.165, 1.54) is 0 Å². The minimum absolute atomic E-state index is 0.0808. The number of carboxylic acid groups (broad SMARTS) is 1. The van der Waals surface area contributed by atoms with Gasteiger partial charge in [0.25, 0.3) is 0 Å². The lowest BCUT2D eigenvalue weighted by molar-refractivity contribution is -0.142. The van der Waals surface area contributed by atoms with Crippen LogP contribution in [0.1, 0.15) is 57.8 Å². The monoisotopic (exact) mass is 281 g/mol. The maximum atomic E-state index is 12.3. The molecule has 1 fully saturated rings. The van der Waals surface area contributed by atoms with Crippen LogP contribution in [0.25, 0.3) is 0 Å². The van der Waals surface area contributed by atoms with Gasteiger partial charge >= 0.3 is 5.97 Å². The summed E-state index contributed by atoms with van der Waals surface area (Å²) in [6.45, 7) is 4.39. The Labute approximate surface area is 121 Å². The molecule has 1 N–H and O–H groups in total. The van der Waals surface area contributed by atoms with E-state index in [0.29, 0.717) is 13.0 Å². The Balaban J connectivity index is 2.57. The lowest BCUT2D eigenvalue weighted by Crippen LogP contribution is -2.36. The number of aliphatic carboxylic acids is 1. The van der Waals surface area contributed by atoms with Crippen molar-refractivity contribution >= 4 is 11.9 Å². The van der Waals surface area contributed by atoms with Crippen LogP contribution in [0.15, 0.2) is 12.7 Å². The lowest BCUT2D eigenvalue weighted by atomic mass is 9.69. The second-order valence-electron chi connectivity index (χ2n) is 6.05. The fourth-order valence-electron chi connectivity index (χ4n) is 3.09. The fourth-order valence-corrected chi connectivity index (χ4v) is 3.09. The van der Waals surface area contributed by atoms with Crippen molar-refractivity contribution in [2.45, 2.75) is 57.8 Å². The molecule has 1 saturated carbocycles. The molecule has 0 bridgehead atoms. The number of hydrogen-bond acceptors (Lipinski definition) is 2. The van der Waals surface area contributed by atoms with E-state index in [-0.39, 0.29) is 17.7 Å². The van der Waals surface area contributed by atoms with Gasteiger partial charge < -0.3 is 10.0 Å². The molecule has 0 aliphatic heterocycles. The molecule has 0 radical (unpaired) electrons. The van der Waals surface area contributed by atoms with Crippen molar-refractivity contribution in [3.63, 3.8) is 0 Å². The highest BCUT2D eigenvalue weighted by atomic mass is 16.4. The second kappa shape index (κ2) is 8.08. The molecule has 0 heterocycles. The number of nitrogens with zero attached hydrogens (tertiary/aromatic N) is 1. The predicted molar refractivity (Wildman–Crippen MR) is 79.5 cm³/mol. The molecule has 0 spiro atoms. The number of carboxylic acids is 1. The van der Waals surface area contributed by atoms with Gasteiger partial charge in [-0.25, -0.2) is 0 Å². The Hall–Kier alpha value is -1.32. The molecular formula is C16H27NO3. The van der Waals surface area contributed by atoms with Crippen molar-refractivity contribution in [3.8, 4) is 0 Å². The number of amides is 1. The largest absolute Gasteiger partial charge is 0.481 e. The van der Waals surface area contributed by atoms with Crippen LogP contribution in [0.4, 0.5) is 0 Å². The van der Waals surface area contributed by atoms with Crippen LogP contribution in [0.3, 0.4) is 0 Å². The maximum Gasteiger partial charge on any atom is 0.303 e. The van der Waals surface area contributed by atoms with Gasteiger partial charge in [0.2, 0.25) is 5.91 Å². The van der Waals surface area contributed by atoms with E-state index in [0.717, 1.165) is 44.9 Å². The first-order chi connectivity index (χ1) is 9.49. The molecule has 0 aromatic rings. The van der Waals surface area contributed by atoms with Gasteiger partial charge in [0.1, 0.15) is 0 Å². The normalized spacial score (nSPS) is 17.4. The standard InChI is InChI=1S/C16H27NO3/c1-3-4-8-11-17(2)14(18)12-16(13-15(19)20)9-6-5-7-10-16/h3H,1,4-13H2,2H3,(H,19,20). The van der Waals surface area contributed by atoms with Gasteiger partial charge in [-0.3, -0.25) is 9.59 Å². The summed E-state index contributed by atoms with van der Waals surface area (Å²) >= 11 is 0. The van der Waals surface area contributed by atoms with E-state index in [1.807, 2.05) is 13.1 Å². The average Bonchev–Trinajstić information content (AvgIpc) is 2.38. The molecule has 114 valence electrons. The van der Waals surface area contributed by atoms with Crippen LogP contribution in [-0.2, 0) is 9.59 Å². The number of carbonyl (C=O) groups is 2. The third-order valence-electron chi connectivity index (χ3n) is 4.29. The van der Waals surface area contributed by atoms with Crippen LogP contribution in [0.2, 0.25) is 0 Å². The minimum Gasteiger partial charge on any atom is -0.481 e. The number of carbonyl (C=O) groups excluding carboxylic acids is 1. The highest BCUT2D eigenvalue weighted by molar-refractivity contribution is 5.78. The van der Waals surface area contributed by atoms with Gasteiger partial charge in [-0.05, 0) is 31.1 Å². The lowest BCUT2D eigenvalue weighted by Gasteiger charge is -2.36. The van der Waals surface area contributed by atoms with Crippen LogP contribution in [0, 0.1) is 5.41 Å². The highest BCUT2D eigenvalue weighted by Crippen LogP contribution is 2.42. The van der Waals surface area contributed by atoms with Crippen molar-refractivity contribution in [1.82, 2.24) is 4.90 Å². The Morgan fingerprint density at radius 2 is 1.90 bits per heavy atom. The average molecular weight is 281 g/mol. The molecule has 1 aliphatic rings. The number of unbranched alkanes of at least 4 members (excludes halogenated alkanes) is 1. The fraction of sp³-hybridized carbons (Fsp3) is 0.750. The van der Waals surface area contributed by atoms with Gasteiger partial charge in [-0.2, -0.15) is 0 Å². The molecule has 0 unspecified atom stereocenters. The first-order valence-electron chi connectivity index (χ1n) is 7.56. The van der Waals surface area contributed by atoms with Crippen molar-refractivity contribution in [2.75, 3.05) is 13.6 Å². The molecular weight excluding hydrogens is 254 g/mol. The van der Waals surface area contributed by atoms with Gasteiger partial charge in [0.05, 0.1) is 6.42 Å². The summed E-state index contributed by atoms with van der Waals surface area (Å²) in [6, 6.07) is 0. The molecule has 20 heavy (non-hydrogen) atoms. The molecule has 4 heteroatoms. The third kappa shape index (κ3) is 5.35. The molecule has 4 nitrogen and oxygen atoms in total. The summed E-state index contributed by atoms with van der Waals surface area (Å²) in [5, 5.41) is 9.12. The van der Waals surface area contributed by atoms with E-state index in [2.05, 4.69) is 6.58 Å². The summed E-state index contributed by atoms with van der Waals surface area (Å²) in [6.07, 6.45) is 9.15. The van der Waals surface area contributed by atoms with Gasteiger partial charge in [0, 0.05) is 20.0 Å². The highest BCUT2D eigenvalue weighted by Gasteiger charge is 2.37. The summed E-state index contributed by atoms with van der Waals surface area (Å²) in [7, 11) is 1.81. The number of rotatable bonds is 8. The summed E-state index contributed by atoms with van der Waals surface area (Å²) < 4.78 is 0. The SMILES string of the molecule is C=CCCCN(C)C(=O)CC1(CC(=O)O)CCCCC1. The molecule has 1 rings (SSSR count). The molecule has 0 aromatic carbocycles. The second-order valence-corrected chi connectivity index (χ2v) is 6.05. The molecule has 1 aliphatic carbocycles. The van der Waals surface area contributed by atoms with Crippen molar-refractivity contribution < 1.29 is 14.7 Å².